The van der Waals surface area contributed by atoms with Crippen molar-refractivity contribution >= 4 is 22.1 Å². The van der Waals surface area contributed by atoms with Gasteiger partial charge in [0.2, 0.25) is 0 Å². The number of alkyl halides is 1. The van der Waals surface area contributed by atoms with E-state index in [1.165, 1.54) is 7.11 Å². The lowest BCUT2D eigenvalue weighted by molar-refractivity contribution is -0.152. The Labute approximate surface area is 164 Å². The largest absolute Gasteiger partial charge is 0.511 e. The van der Waals surface area contributed by atoms with Gasteiger partial charge in [-0.25, -0.2) is 4.79 Å². The highest BCUT2D eigenvalue weighted by molar-refractivity contribution is 9.09. The molecular weight excluding hydrogens is 400 g/mol. The van der Waals surface area contributed by atoms with Crippen LogP contribution >= 0.6 is 15.9 Å². The first-order chi connectivity index (χ1) is 12.3. The standard InChI is InChI=1S/C20H29BrO5/c1-13-14(2)18-16(9-10-20(4,25-18)26-19(22)23-5)15(3)17(13)24-12-8-6-7-11-21/h6-12H2,1-5H3/t20-/m1/s1. The summed E-state index contributed by atoms with van der Waals surface area (Å²) in [5, 5.41) is 1.03. The smallest absolute Gasteiger partial charge is 0.493 e. The fourth-order valence-corrected chi connectivity index (χ4v) is 3.66. The highest BCUT2D eigenvalue weighted by Gasteiger charge is 2.38. The van der Waals surface area contributed by atoms with Gasteiger partial charge < -0.3 is 18.9 Å². The van der Waals surface area contributed by atoms with E-state index in [0.717, 1.165) is 71.4 Å². The van der Waals surface area contributed by atoms with Crippen molar-refractivity contribution in [2.24, 2.45) is 0 Å². The second-order valence-corrected chi connectivity index (χ2v) is 7.69. The van der Waals surface area contributed by atoms with Crippen molar-refractivity contribution in [2.75, 3.05) is 19.0 Å². The summed E-state index contributed by atoms with van der Waals surface area (Å²) in [7, 11) is 1.30. The van der Waals surface area contributed by atoms with Crippen molar-refractivity contribution in [3.63, 3.8) is 0 Å². The first-order valence-electron chi connectivity index (χ1n) is 9.10. The first kappa shape index (κ1) is 20.9. The predicted molar refractivity (Wildman–Crippen MR) is 105 cm³/mol. The quantitative estimate of drug-likeness (QED) is 0.331. The van der Waals surface area contributed by atoms with Gasteiger partial charge in [-0.05, 0) is 63.1 Å². The van der Waals surface area contributed by atoms with Crippen LogP contribution in [-0.4, -0.2) is 31.0 Å². The van der Waals surface area contributed by atoms with Gasteiger partial charge in [0.1, 0.15) is 11.5 Å². The molecule has 0 radical (unpaired) electrons. The summed E-state index contributed by atoms with van der Waals surface area (Å²) < 4.78 is 22.2. The number of hydrogen-bond donors (Lipinski definition) is 0. The summed E-state index contributed by atoms with van der Waals surface area (Å²) >= 11 is 3.45. The Morgan fingerprint density at radius 1 is 1.15 bits per heavy atom. The number of hydrogen-bond acceptors (Lipinski definition) is 5. The van der Waals surface area contributed by atoms with Crippen molar-refractivity contribution in [1.29, 1.82) is 0 Å². The molecule has 26 heavy (non-hydrogen) atoms. The number of halogens is 1. The van der Waals surface area contributed by atoms with Crippen LogP contribution < -0.4 is 9.47 Å². The summed E-state index contributed by atoms with van der Waals surface area (Å²) in [5.41, 5.74) is 4.35. The SMILES string of the molecule is COC(=O)O[C@]1(C)CCc2c(C)c(OCCCCCBr)c(C)c(C)c2O1. The molecule has 1 aliphatic rings. The van der Waals surface area contributed by atoms with E-state index in [9.17, 15) is 4.79 Å². The third-order valence-corrected chi connectivity index (χ3v) is 5.51. The van der Waals surface area contributed by atoms with Crippen molar-refractivity contribution in [3.05, 3.63) is 22.3 Å². The van der Waals surface area contributed by atoms with Crippen LogP contribution in [0.25, 0.3) is 0 Å². The topological polar surface area (TPSA) is 54.0 Å². The van der Waals surface area contributed by atoms with Crippen molar-refractivity contribution in [1.82, 2.24) is 0 Å². The Kier molecular flexibility index (Phi) is 7.21. The van der Waals surface area contributed by atoms with E-state index in [1.54, 1.807) is 6.92 Å². The summed E-state index contributed by atoms with van der Waals surface area (Å²) in [6, 6.07) is 0. The molecule has 1 aromatic rings. The van der Waals surface area contributed by atoms with Gasteiger partial charge in [-0.3, -0.25) is 0 Å². The van der Waals surface area contributed by atoms with E-state index in [2.05, 4.69) is 27.6 Å². The Hall–Kier alpha value is -1.43. The fraction of sp³-hybridized carbons (Fsp3) is 0.650. The van der Waals surface area contributed by atoms with Crippen molar-refractivity contribution in [2.45, 2.75) is 65.6 Å². The maximum absolute atomic E-state index is 11.5. The minimum Gasteiger partial charge on any atom is -0.493 e. The molecule has 0 fully saturated rings. The van der Waals surface area contributed by atoms with E-state index in [1.807, 2.05) is 13.8 Å². The Morgan fingerprint density at radius 3 is 2.54 bits per heavy atom. The first-order valence-corrected chi connectivity index (χ1v) is 10.2. The molecule has 0 saturated heterocycles. The lowest BCUT2D eigenvalue weighted by Gasteiger charge is -2.36. The molecule has 1 heterocycles. The van der Waals surface area contributed by atoms with Crippen LogP contribution in [0, 0.1) is 20.8 Å². The monoisotopic (exact) mass is 428 g/mol. The molecule has 2 rings (SSSR count). The summed E-state index contributed by atoms with van der Waals surface area (Å²) in [6.07, 6.45) is 3.96. The average molecular weight is 429 g/mol. The van der Waals surface area contributed by atoms with Gasteiger partial charge in [0.05, 0.1) is 13.7 Å². The molecular formula is C20H29BrO5. The Morgan fingerprint density at radius 2 is 1.88 bits per heavy atom. The van der Waals surface area contributed by atoms with Gasteiger partial charge in [0, 0.05) is 24.2 Å². The summed E-state index contributed by atoms with van der Waals surface area (Å²) in [4.78, 5) is 11.5. The number of benzene rings is 1. The zero-order valence-electron chi connectivity index (χ0n) is 16.4. The fourth-order valence-electron chi connectivity index (χ4n) is 3.27. The number of ether oxygens (including phenoxy) is 4. The van der Waals surface area contributed by atoms with E-state index in [4.69, 9.17) is 14.2 Å². The van der Waals surface area contributed by atoms with Crippen LogP contribution in [-0.2, 0) is 15.9 Å². The van der Waals surface area contributed by atoms with Crippen molar-refractivity contribution < 1.29 is 23.7 Å². The second kappa shape index (κ2) is 8.98. The van der Waals surface area contributed by atoms with Crippen molar-refractivity contribution in [3.8, 4) is 11.5 Å². The molecule has 5 nitrogen and oxygen atoms in total. The molecule has 6 heteroatoms. The molecule has 0 spiro atoms. The van der Waals surface area contributed by atoms with Crippen LogP contribution in [0.15, 0.2) is 0 Å². The van der Waals surface area contributed by atoms with E-state index in [-0.39, 0.29) is 0 Å². The van der Waals surface area contributed by atoms with Gasteiger partial charge in [0.15, 0.2) is 0 Å². The second-order valence-electron chi connectivity index (χ2n) is 6.90. The molecule has 1 atom stereocenters. The highest BCUT2D eigenvalue weighted by Crippen LogP contribution is 2.44. The Bertz CT molecular complexity index is 658. The van der Waals surface area contributed by atoms with Crippen LogP contribution in [0.3, 0.4) is 0 Å². The van der Waals surface area contributed by atoms with E-state index in [0.29, 0.717) is 6.42 Å². The van der Waals surface area contributed by atoms with Gasteiger partial charge in [0.25, 0.3) is 5.79 Å². The van der Waals surface area contributed by atoms with Crippen LogP contribution in [0.2, 0.25) is 0 Å². The minimum absolute atomic E-state index is 0.573. The predicted octanol–water partition coefficient (Wildman–Crippen LogP) is 5.38. The van der Waals surface area contributed by atoms with E-state index < -0.39 is 11.9 Å². The number of methoxy groups -OCH3 is 1. The molecule has 1 aromatic carbocycles. The van der Waals surface area contributed by atoms with Gasteiger partial charge >= 0.3 is 6.16 Å². The van der Waals surface area contributed by atoms with E-state index >= 15 is 0 Å². The third kappa shape index (κ3) is 4.64. The maximum Gasteiger partial charge on any atom is 0.511 e. The van der Waals surface area contributed by atoms with Gasteiger partial charge in [-0.1, -0.05) is 15.9 Å². The third-order valence-electron chi connectivity index (χ3n) is 4.95. The van der Waals surface area contributed by atoms with Gasteiger partial charge in [-0.15, -0.1) is 0 Å². The molecule has 146 valence electrons. The lowest BCUT2D eigenvalue weighted by atomic mass is 9.91. The molecule has 1 aliphatic heterocycles. The molecule has 0 bridgehead atoms. The molecule has 0 saturated carbocycles. The number of rotatable bonds is 7. The van der Waals surface area contributed by atoms with Crippen LogP contribution in [0.5, 0.6) is 11.5 Å². The number of unbranched alkanes of at least 4 members (excludes halogenated alkanes) is 2. The number of fused-ring (bicyclic) bond motifs is 1. The molecule has 0 N–H and O–H groups in total. The molecule has 0 aromatic heterocycles. The average Bonchev–Trinajstić information content (AvgIpc) is 2.61. The maximum atomic E-state index is 11.5. The Balaban J connectivity index is 2.21. The highest BCUT2D eigenvalue weighted by atomic mass is 79.9. The number of carbonyl (C=O) groups excluding carboxylic acids is 1. The normalized spacial score (nSPS) is 18.7. The molecule has 0 aliphatic carbocycles. The lowest BCUT2D eigenvalue weighted by Crippen LogP contribution is -2.41. The number of carbonyl (C=O) groups is 1. The van der Waals surface area contributed by atoms with Gasteiger partial charge in [-0.2, -0.15) is 0 Å². The van der Waals surface area contributed by atoms with Crippen LogP contribution in [0.1, 0.15) is 54.9 Å². The zero-order chi connectivity index (χ0) is 19.3. The molecule has 0 amide bonds. The van der Waals surface area contributed by atoms with Crippen LogP contribution in [0.4, 0.5) is 4.79 Å². The minimum atomic E-state index is -1.01. The summed E-state index contributed by atoms with van der Waals surface area (Å²) in [6.45, 7) is 8.64. The molecule has 0 unspecified atom stereocenters. The zero-order valence-corrected chi connectivity index (χ0v) is 18.0. The summed E-state index contributed by atoms with van der Waals surface area (Å²) in [5.74, 6) is 0.743.